The van der Waals surface area contributed by atoms with E-state index in [2.05, 4.69) is 6.58 Å². The van der Waals surface area contributed by atoms with Gasteiger partial charge in [-0.2, -0.15) is 0 Å². The summed E-state index contributed by atoms with van der Waals surface area (Å²) in [4.78, 5) is 11.3. The average Bonchev–Trinajstić information content (AvgIpc) is 2.58. The van der Waals surface area contributed by atoms with Crippen LogP contribution in [0.15, 0.2) is 24.3 Å². The summed E-state index contributed by atoms with van der Waals surface area (Å²) >= 11 is 0. The highest BCUT2D eigenvalue weighted by Gasteiger charge is 2.25. The van der Waals surface area contributed by atoms with Crippen molar-refractivity contribution in [3.63, 3.8) is 0 Å². The summed E-state index contributed by atoms with van der Waals surface area (Å²) in [5.41, 5.74) is 2.25. The van der Waals surface area contributed by atoms with E-state index in [0.29, 0.717) is 17.7 Å². The van der Waals surface area contributed by atoms with Crippen LogP contribution in [0.3, 0.4) is 0 Å². The molecule has 0 radical (unpaired) electrons. The average molecular weight is 218 g/mol. The molecule has 1 aromatic carbocycles. The molecule has 3 nitrogen and oxygen atoms in total. The summed E-state index contributed by atoms with van der Waals surface area (Å²) in [7, 11) is 0. The van der Waals surface area contributed by atoms with E-state index in [-0.39, 0.29) is 17.6 Å². The second-order valence-corrected chi connectivity index (χ2v) is 4.19. The highest BCUT2D eigenvalue weighted by Crippen LogP contribution is 2.36. The molecule has 1 aliphatic rings. The molecule has 0 aliphatic carbocycles. The standard InChI is InChI=1S/C13H14O3/c1-7(2)12-5-9-4-10(8(3)14)11(15)6-13(9)16-12/h4,6,12,15H,1,5H2,2-3H3/t12-/m1/s1. The van der Waals surface area contributed by atoms with E-state index in [1.54, 1.807) is 6.07 Å². The molecule has 0 spiro atoms. The van der Waals surface area contributed by atoms with Crippen molar-refractivity contribution in [3.05, 3.63) is 35.4 Å². The van der Waals surface area contributed by atoms with Crippen molar-refractivity contribution in [1.29, 1.82) is 0 Å². The third-order valence-corrected chi connectivity index (χ3v) is 2.78. The van der Waals surface area contributed by atoms with Crippen LogP contribution in [0, 0.1) is 0 Å². The number of aromatic hydroxyl groups is 1. The van der Waals surface area contributed by atoms with Gasteiger partial charge in [-0.15, -0.1) is 0 Å². The van der Waals surface area contributed by atoms with E-state index < -0.39 is 0 Å². The van der Waals surface area contributed by atoms with Crippen molar-refractivity contribution < 1.29 is 14.6 Å². The zero-order valence-corrected chi connectivity index (χ0v) is 9.41. The number of rotatable bonds is 2. The number of ether oxygens (including phenoxy) is 1. The van der Waals surface area contributed by atoms with Crippen LogP contribution in [0.2, 0.25) is 0 Å². The Balaban J connectivity index is 2.40. The van der Waals surface area contributed by atoms with E-state index in [9.17, 15) is 9.90 Å². The van der Waals surface area contributed by atoms with Gasteiger partial charge in [0.2, 0.25) is 0 Å². The molecule has 0 saturated heterocycles. The van der Waals surface area contributed by atoms with Crippen molar-refractivity contribution in [3.8, 4) is 11.5 Å². The number of Topliss-reactive ketones (excluding diaryl/α,β-unsaturated/α-hetero) is 1. The summed E-state index contributed by atoms with van der Waals surface area (Å²) in [6, 6.07) is 3.21. The number of hydrogen-bond acceptors (Lipinski definition) is 3. The Kier molecular flexibility index (Phi) is 2.46. The minimum absolute atomic E-state index is 0.0198. The number of benzene rings is 1. The Morgan fingerprint density at radius 2 is 2.19 bits per heavy atom. The van der Waals surface area contributed by atoms with Crippen LogP contribution >= 0.6 is 0 Å². The van der Waals surface area contributed by atoms with Crippen molar-refractivity contribution in [2.75, 3.05) is 0 Å². The van der Waals surface area contributed by atoms with Crippen LogP contribution in [-0.2, 0) is 6.42 Å². The molecule has 1 atom stereocenters. The molecule has 1 N–H and O–H groups in total. The Labute approximate surface area is 94.4 Å². The van der Waals surface area contributed by atoms with Crippen LogP contribution in [0.5, 0.6) is 11.5 Å². The van der Waals surface area contributed by atoms with Gasteiger partial charge in [0, 0.05) is 12.5 Å². The highest BCUT2D eigenvalue weighted by molar-refractivity contribution is 5.97. The van der Waals surface area contributed by atoms with Gasteiger partial charge in [-0.25, -0.2) is 0 Å². The maximum absolute atomic E-state index is 11.3. The maximum Gasteiger partial charge on any atom is 0.163 e. The molecule has 0 saturated carbocycles. The minimum atomic E-state index is -0.140. The first-order valence-corrected chi connectivity index (χ1v) is 5.18. The van der Waals surface area contributed by atoms with Gasteiger partial charge in [-0.3, -0.25) is 4.79 Å². The summed E-state index contributed by atoms with van der Waals surface area (Å²) in [5.74, 6) is 0.489. The fourth-order valence-electron chi connectivity index (χ4n) is 1.83. The lowest BCUT2D eigenvalue weighted by atomic mass is 10.0. The zero-order chi connectivity index (χ0) is 11.9. The number of fused-ring (bicyclic) bond motifs is 1. The molecule has 0 aromatic heterocycles. The Bertz CT molecular complexity index is 474. The number of carbonyl (C=O) groups is 1. The van der Waals surface area contributed by atoms with Gasteiger partial charge in [0.05, 0.1) is 5.56 Å². The van der Waals surface area contributed by atoms with Gasteiger partial charge >= 0.3 is 0 Å². The van der Waals surface area contributed by atoms with Gasteiger partial charge in [-0.1, -0.05) is 6.58 Å². The van der Waals surface area contributed by atoms with Crippen LogP contribution < -0.4 is 4.74 Å². The van der Waals surface area contributed by atoms with Crippen LogP contribution in [0.1, 0.15) is 29.8 Å². The minimum Gasteiger partial charge on any atom is -0.507 e. The molecule has 1 aromatic rings. The summed E-state index contributed by atoms with van der Waals surface area (Å²) in [6.45, 7) is 7.19. The second kappa shape index (κ2) is 3.67. The van der Waals surface area contributed by atoms with E-state index in [1.165, 1.54) is 13.0 Å². The van der Waals surface area contributed by atoms with E-state index in [4.69, 9.17) is 4.74 Å². The lowest BCUT2D eigenvalue weighted by molar-refractivity contribution is 0.101. The molecule has 84 valence electrons. The van der Waals surface area contributed by atoms with Gasteiger partial charge in [-0.05, 0) is 31.1 Å². The predicted octanol–water partition coefficient (Wildman–Crippen LogP) is 2.47. The summed E-state index contributed by atoms with van der Waals surface area (Å²) < 4.78 is 5.61. The molecular formula is C13H14O3. The van der Waals surface area contributed by atoms with E-state index >= 15 is 0 Å². The Morgan fingerprint density at radius 1 is 1.50 bits per heavy atom. The van der Waals surface area contributed by atoms with Gasteiger partial charge < -0.3 is 9.84 Å². The normalized spacial score (nSPS) is 17.8. The predicted molar refractivity (Wildman–Crippen MR) is 61.0 cm³/mol. The van der Waals surface area contributed by atoms with Gasteiger partial charge in [0.25, 0.3) is 0 Å². The lowest BCUT2D eigenvalue weighted by Gasteiger charge is -2.09. The smallest absolute Gasteiger partial charge is 0.163 e. The Morgan fingerprint density at radius 3 is 2.75 bits per heavy atom. The number of hydrogen-bond donors (Lipinski definition) is 1. The van der Waals surface area contributed by atoms with Gasteiger partial charge in [0.1, 0.15) is 17.6 Å². The molecule has 0 unspecified atom stereocenters. The fourth-order valence-corrected chi connectivity index (χ4v) is 1.83. The largest absolute Gasteiger partial charge is 0.507 e. The third-order valence-electron chi connectivity index (χ3n) is 2.78. The van der Waals surface area contributed by atoms with Crippen LogP contribution in [-0.4, -0.2) is 17.0 Å². The van der Waals surface area contributed by atoms with Gasteiger partial charge in [0.15, 0.2) is 5.78 Å². The summed E-state index contributed by atoms with van der Waals surface area (Å²) in [6.07, 6.45) is 0.669. The number of phenols is 1. The zero-order valence-electron chi connectivity index (χ0n) is 9.41. The van der Waals surface area contributed by atoms with Crippen molar-refractivity contribution in [2.24, 2.45) is 0 Å². The maximum atomic E-state index is 11.3. The van der Waals surface area contributed by atoms with Crippen molar-refractivity contribution in [2.45, 2.75) is 26.4 Å². The van der Waals surface area contributed by atoms with E-state index in [1.807, 2.05) is 6.92 Å². The quantitative estimate of drug-likeness (QED) is 0.612. The van der Waals surface area contributed by atoms with E-state index in [0.717, 1.165) is 11.1 Å². The Hall–Kier alpha value is -1.77. The first kappa shape index (κ1) is 10.7. The molecule has 0 bridgehead atoms. The fraction of sp³-hybridized carbons (Fsp3) is 0.308. The number of phenolic OH excluding ortho intramolecular Hbond substituents is 1. The lowest BCUT2D eigenvalue weighted by Crippen LogP contribution is -2.13. The van der Waals surface area contributed by atoms with Crippen molar-refractivity contribution in [1.82, 2.24) is 0 Å². The molecule has 1 heterocycles. The second-order valence-electron chi connectivity index (χ2n) is 4.19. The number of ketones is 1. The monoisotopic (exact) mass is 218 g/mol. The first-order valence-electron chi connectivity index (χ1n) is 5.18. The molecule has 0 fully saturated rings. The SMILES string of the molecule is C=C(C)[C@H]1Cc2cc(C(C)=O)c(O)cc2O1. The first-order chi connectivity index (χ1) is 7.49. The molecule has 16 heavy (non-hydrogen) atoms. The highest BCUT2D eigenvalue weighted by atomic mass is 16.5. The van der Waals surface area contributed by atoms with Crippen LogP contribution in [0.4, 0.5) is 0 Å². The third kappa shape index (κ3) is 1.69. The van der Waals surface area contributed by atoms with Crippen molar-refractivity contribution >= 4 is 5.78 Å². The molecule has 3 heteroatoms. The topological polar surface area (TPSA) is 46.5 Å². The van der Waals surface area contributed by atoms with Crippen LogP contribution in [0.25, 0.3) is 0 Å². The molecule has 1 aliphatic heterocycles. The molecular weight excluding hydrogens is 204 g/mol. The molecule has 2 rings (SSSR count). The molecule has 0 amide bonds. The number of carbonyl (C=O) groups excluding carboxylic acids is 1. The summed E-state index contributed by atoms with van der Waals surface area (Å²) in [5, 5.41) is 9.65.